The van der Waals surface area contributed by atoms with Gasteiger partial charge in [0, 0.05) is 19.1 Å². The number of likely N-dealkylation sites (tertiary alicyclic amines) is 1. The van der Waals surface area contributed by atoms with E-state index in [1.165, 1.54) is 18.4 Å². The molecule has 0 atom stereocenters. The second-order valence-electron chi connectivity index (χ2n) is 5.09. The molecule has 0 aliphatic carbocycles. The monoisotopic (exact) mass is 403 g/mol. The van der Waals surface area contributed by atoms with Gasteiger partial charge in [0.2, 0.25) is 5.91 Å². The molecule has 1 aliphatic heterocycles. The first kappa shape index (κ1) is 17.7. The Bertz CT molecular complexity index is 584. The Labute approximate surface area is 146 Å². The molecule has 126 valence electrons. The molecule has 2 N–H and O–H groups in total. The summed E-state index contributed by atoms with van der Waals surface area (Å²) in [4.78, 5) is 37.3. The number of carbonyl (C=O) groups excluding carboxylic acids is 3. The highest BCUT2D eigenvalue weighted by Crippen LogP contribution is 2.21. The van der Waals surface area contributed by atoms with E-state index in [1.807, 2.05) is 0 Å². The number of halogens is 1. The highest BCUT2D eigenvalue weighted by molar-refractivity contribution is 9.11. The van der Waals surface area contributed by atoms with E-state index in [0.29, 0.717) is 30.8 Å². The van der Waals surface area contributed by atoms with Crippen LogP contribution in [-0.2, 0) is 9.53 Å². The second kappa shape index (κ2) is 8.30. The minimum absolute atomic E-state index is 0.0104. The van der Waals surface area contributed by atoms with Crippen LogP contribution in [0.3, 0.4) is 0 Å². The van der Waals surface area contributed by atoms with Gasteiger partial charge in [-0.3, -0.25) is 9.59 Å². The maximum Gasteiger partial charge on any atom is 0.409 e. The highest BCUT2D eigenvalue weighted by Gasteiger charge is 2.24. The van der Waals surface area contributed by atoms with Crippen molar-refractivity contribution in [1.82, 2.24) is 15.5 Å². The van der Waals surface area contributed by atoms with E-state index in [0.717, 1.165) is 3.79 Å². The smallest absolute Gasteiger partial charge is 0.409 e. The number of carbonyl (C=O) groups is 3. The van der Waals surface area contributed by atoms with Crippen molar-refractivity contribution in [3.05, 3.63) is 20.8 Å². The van der Waals surface area contributed by atoms with Gasteiger partial charge in [0.1, 0.15) is 0 Å². The van der Waals surface area contributed by atoms with Crippen LogP contribution in [0, 0.1) is 0 Å². The molecular formula is C14H18BrN3O4S. The first-order valence-electron chi connectivity index (χ1n) is 7.15. The van der Waals surface area contributed by atoms with Gasteiger partial charge in [-0.15, -0.1) is 11.3 Å². The zero-order valence-corrected chi connectivity index (χ0v) is 15.0. The lowest BCUT2D eigenvalue weighted by Crippen LogP contribution is -2.48. The number of nitrogens with one attached hydrogen (secondary N) is 2. The maximum absolute atomic E-state index is 11.9. The molecule has 0 unspecified atom stereocenters. The van der Waals surface area contributed by atoms with Crippen molar-refractivity contribution in [1.29, 1.82) is 0 Å². The average molecular weight is 404 g/mol. The van der Waals surface area contributed by atoms with E-state index >= 15 is 0 Å². The van der Waals surface area contributed by atoms with Gasteiger partial charge in [0.05, 0.1) is 22.3 Å². The zero-order chi connectivity index (χ0) is 16.8. The maximum atomic E-state index is 11.9. The van der Waals surface area contributed by atoms with E-state index in [2.05, 4.69) is 31.3 Å². The van der Waals surface area contributed by atoms with Gasteiger partial charge in [0.25, 0.3) is 5.91 Å². The van der Waals surface area contributed by atoms with Crippen molar-refractivity contribution in [2.45, 2.75) is 18.9 Å². The minimum atomic E-state index is -0.343. The average Bonchev–Trinajstić information content (AvgIpc) is 2.99. The molecule has 23 heavy (non-hydrogen) atoms. The van der Waals surface area contributed by atoms with Crippen LogP contribution in [0.5, 0.6) is 0 Å². The molecular weight excluding hydrogens is 386 g/mol. The molecule has 1 aromatic rings. The minimum Gasteiger partial charge on any atom is -0.453 e. The summed E-state index contributed by atoms with van der Waals surface area (Å²) >= 11 is 4.60. The molecule has 2 rings (SSSR count). The van der Waals surface area contributed by atoms with Gasteiger partial charge in [-0.05, 0) is 40.9 Å². The van der Waals surface area contributed by atoms with Crippen molar-refractivity contribution >= 4 is 45.2 Å². The molecule has 1 fully saturated rings. The summed E-state index contributed by atoms with van der Waals surface area (Å²) in [7, 11) is 1.35. The molecule has 3 amide bonds. The third kappa shape index (κ3) is 5.21. The van der Waals surface area contributed by atoms with Crippen LogP contribution in [0.25, 0.3) is 0 Å². The standard InChI is InChI=1S/C14H18BrN3O4S/c1-22-14(21)18-6-4-9(5-7-18)17-12(19)8-16-13(20)10-2-3-11(15)23-10/h2-3,9H,4-8H2,1H3,(H,16,20)(H,17,19). The number of methoxy groups -OCH3 is 1. The summed E-state index contributed by atoms with van der Waals surface area (Å²) in [5.41, 5.74) is 0. The predicted molar refractivity (Wildman–Crippen MR) is 89.5 cm³/mol. The fourth-order valence-electron chi connectivity index (χ4n) is 2.30. The highest BCUT2D eigenvalue weighted by atomic mass is 79.9. The van der Waals surface area contributed by atoms with Gasteiger partial charge in [-0.25, -0.2) is 4.79 Å². The fraction of sp³-hybridized carbons (Fsp3) is 0.500. The van der Waals surface area contributed by atoms with E-state index in [9.17, 15) is 14.4 Å². The van der Waals surface area contributed by atoms with Crippen molar-refractivity contribution < 1.29 is 19.1 Å². The number of piperidine rings is 1. The number of ether oxygens (including phenoxy) is 1. The Balaban J connectivity index is 1.69. The molecule has 0 bridgehead atoms. The van der Waals surface area contributed by atoms with Crippen molar-refractivity contribution in [3.8, 4) is 0 Å². The molecule has 1 saturated heterocycles. The third-order valence-corrected chi connectivity index (χ3v) is 5.12. The molecule has 7 nitrogen and oxygen atoms in total. The summed E-state index contributed by atoms with van der Waals surface area (Å²) < 4.78 is 5.53. The van der Waals surface area contributed by atoms with Crippen LogP contribution in [0.2, 0.25) is 0 Å². The Kier molecular flexibility index (Phi) is 6.40. The summed E-state index contributed by atoms with van der Waals surface area (Å²) in [5, 5.41) is 5.46. The first-order valence-corrected chi connectivity index (χ1v) is 8.76. The Hall–Kier alpha value is -1.61. The van der Waals surface area contributed by atoms with E-state index in [-0.39, 0.29) is 30.5 Å². The molecule has 0 radical (unpaired) electrons. The van der Waals surface area contributed by atoms with Gasteiger partial charge in [-0.1, -0.05) is 0 Å². The normalized spacial score (nSPS) is 15.1. The van der Waals surface area contributed by atoms with Crippen molar-refractivity contribution in [2.24, 2.45) is 0 Å². The molecule has 9 heteroatoms. The van der Waals surface area contributed by atoms with Gasteiger partial charge in [-0.2, -0.15) is 0 Å². The molecule has 2 heterocycles. The van der Waals surface area contributed by atoms with Crippen LogP contribution in [-0.4, -0.2) is 55.6 Å². The molecule has 0 saturated carbocycles. The number of rotatable bonds is 4. The Morgan fingerprint density at radius 1 is 1.35 bits per heavy atom. The summed E-state index contributed by atoms with van der Waals surface area (Å²) in [6, 6.07) is 3.50. The zero-order valence-electron chi connectivity index (χ0n) is 12.6. The SMILES string of the molecule is COC(=O)N1CCC(NC(=O)CNC(=O)c2ccc(Br)s2)CC1. The lowest BCUT2D eigenvalue weighted by molar-refractivity contribution is -0.121. The largest absolute Gasteiger partial charge is 0.453 e. The van der Waals surface area contributed by atoms with Crippen LogP contribution in [0.4, 0.5) is 4.79 Å². The number of amides is 3. The van der Waals surface area contributed by atoms with Gasteiger partial charge < -0.3 is 20.3 Å². The van der Waals surface area contributed by atoms with Crippen molar-refractivity contribution in [3.63, 3.8) is 0 Å². The van der Waals surface area contributed by atoms with Crippen molar-refractivity contribution in [2.75, 3.05) is 26.7 Å². The molecule has 1 aromatic heterocycles. The summed E-state index contributed by atoms with van der Waals surface area (Å²) in [6.45, 7) is 1.03. The number of hydrogen-bond acceptors (Lipinski definition) is 5. The van der Waals surface area contributed by atoms with Crippen LogP contribution >= 0.6 is 27.3 Å². The number of nitrogens with zero attached hydrogens (tertiary/aromatic N) is 1. The summed E-state index contributed by atoms with van der Waals surface area (Å²) in [6.07, 6.45) is 1.00. The van der Waals surface area contributed by atoms with E-state index < -0.39 is 0 Å². The Morgan fingerprint density at radius 3 is 2.61 bits per heavy atom. The molecule has 0 aromatic carbocycles. The van der Waals surface area contributed by atoms with E-state index in [1.54, 1.807) is 17.0 Å². The fourth-order valence-corrected chi connectivity index (χ4v) is 3.60. The predicted octanol–water partition coefficient (Wildman–Crippen LogP) is 1.59. The van der Waals surface area contributed by atoms with Crippen LogP contribution < -0.4 is 10.6 Å². The quantitative estimate of drug-likeness (QED) is 0.798. The lowest BCUT2D eigenvalue weighted by atomic mass is 10.1. The second-order valence-corrected chi connectivity index (χ2v) is 7.55. The van der Waals surface area contributed by atoms with Crippen LogP contribution in [0.1, 0.15) is 22.5 Å². The van der Waals surface area contributed by atoms with Gasteiger partial charge in [0.15, 0.2) is 0 Å². The summed E-state index contributed by atoms with van der Waals surface area (Å²) in [5.74, 6) is -0.498. The number of hydrogen-bond donors (Lipinski definition) is 2. The topological polar surface area (TPSA) is 87.7 Å². The Morgan fingerprint density at radius 2 is 2.04 bits per heavy atom. The van der Waals surface area contributed by atoms with E-state index in [4.69, 9.17) is 0 Å². The van der Waals surface area contributed by atoms with Crippen LogP contribution in [0.15, 0.2) is 15.9 Å². The first-order chi connectivity index (χ1) is 11.0. The molecule has 1 aliphatic rings. The molecule has 0 spiro atoms. The van der Waals surface area contributed by atoms with Gasteiger partial charge >= 0.3 is 6.09 Å². The lowest BCUT2D eigenvalue weighted by Gasteiger charge is -2.31. The number of thiophene rings is 1. The third-order valence-electron chi connectivity index (χ3n) is 3.50.